The van der Waals surface area contributed by atoms with E-state index >= 15 is 0 Å². The van der Waals surface area contributed by atoms with Gasteiger partial charge in [0.2, 0.25) is 5.91 Å². The first-order chi connectivity index (χ1) is 6.97. The van der Waals surface area contributed by atoms with Crippen LogP contribution in [0.2, 0.25) is 0 Å². The summed E-state index contributed by atoms with van der Waals surface area (Å²) in [5, 5.41) is -0.534. The number of ether oxygens (including phenoxy) is 1. The number of esters is 1. The molecule has 4 nitrogen and oxygen atoms in total. The van der Waals surface area contributed by atoms with Gasteiger partial charge in [-0.05, 0) is 12.8 Å². The van der Waals surface area contributed by atoms with Gasteiger partial charge < -0.3 is 9.64 Å². The molecular formula is C10H16ClNO3. The van der Waals surface area contributed by atoms with Gasteiger partial charge in [0.25, 0.3) is 0 Å². The number of alkyl halides is 1. The first kappa shape index (κ1) is 12.3. The molecule has 1 fully saturated rings. The Hall–Kier alpha value is -0.770. The Morgan fingerprint density at radius 1 is 1.47 bits per heavy atom. The topological polar surface area (TPSA) is 46.6 Å². The Bertz CT molecular complexity index is 267. The largest absolute Gasteiger partial charge is 0.469 e. The van der Waals surface area contributed by atoms with Crippen molar-refractivity contribution in [3.05, 3.63) is 0 Å². The molecule has 0 spiro atoms. The number of nitrogens with zero attached hydrogens (tertiary/aromatic N) is 1. The zero-order valence-corrected chi connectivity index (χ0v) is 9.95. The van der Waals surface area contributed by atoms with Gasteiger partial charge in [0.1, 0.15) is 5.38 Å². The Balaban J connectivity index is 2.63. The number of carbonyl (C=O) groups excluding carboxylic acids is 2. The number of amides is 1. The molecule has 1 aliphatic heterocycles. The van der Waals surface area contributed by atoms with Crippen LogP contribution in [0.1, 0.15) is 13.8 Å². The molecule has 5 heteroatoms. The summed E-state index contributed by atoms with van der Waals surface area (Å²) in [5.41, 5.74) is 0. The van der Waals surface area contributed by atoms with Crippen LogP contribution in [0.5, 0.6) is 0 Å². The van der Waals surface area contributed by atoms with Crippen molar-refractivity contribution < 1.29 is 14.3 Å². The highest BCUT2D eigenvalue weighted by atomic mass is 35.5. The lowest BCUT2D eigenvalue weighted by molar-refractivity contribution is -0.146. The zero-order valence-electron chi connectivity index (χ0n) is 9.20. The number of hydrogen-bond donors (Lipinski definition) is 0. The molecular weight excluding hydrogens is 218 g/mol. The van der Waals surface area contributed by atoms with Gasteiger partial charge in [0, 0.05) is 13.1 Å². The van der Waals surface area contributed by atoms with Crippen LogP contribution in [0.4, 0.5) is 0 Å². The van der Waals surface area contributed by atoms with E-state index in [4.69, 9.17) is 11.6 Å². The molecule has 0 radical (unpaired) electrons. The van der Waals surface area contributed by atoms with Crippen LogP contribution in [0.3, 0.4) is 0 Å². The number of halogens is 1. The van der Waals surface area contributed by atoms with Crippen LogP contribution in [0.15, 0.2) is 0 Å². The normalized spacial score (nSPS) is 27.6. The van der Waals surface area contributed by atoms with Crippen molar-refractivity contribution >= 4 is 23.5 Å². The monoisotopic (exact) mass is 233 g/mol. The van der Waals surface area contributed by atoms with E-state index in [9.17, 15) is 9.59 Å². The summed E-state index contributed by atoms with van der Waals surface area (Å²) in [6, 6.07) is 0. The fraction of sp³-hybridized carbons (Fsp3) is 0.800. The maximum Gasteiger partial charge on any atom is 0.310 e. The lowest BCUT2D eigenvalue weighted by Gasteiger charge is -2.17. The van der Waals surface area contributed by atoms with Crippen LogP contribution in [-0.4, -0.2) is 42.4 Å². The number of likely N-dealkylation sites (tertiary alicyclic amines) is 1. The lowest BCUT2D eigenvalue weighted by atomic mass is 9.99. The van der Waals surface area contributed by atoms with Crippen molar-refractivity contribution in [1.29, 1.82) is 0 Å². The maximum atomic E-state index is 11.6. The molecule has 86 valence electrons. The molecule has 0 aromatic rings. The number of methoxy groups -OCH3 is 1. The van der Waals surface area contributed by atoms with Gasteiger partial charge in [-0.1, -0.05) is 6.92 Å². The molecule has 1 saturated heterocycles. The summed E-state index contributed by atoms with van der Waals surface area (Å²) in [7, 11) is 1.36. The molecule has 1 rings (SSSR count). The van der Waals surface area contributed by atoms with Crippen molar-refractivity contribution in [3.63, 3.8) is 0 Å². The Kier molecular flexibility index (Phi) is 3.97. The second kappa shape index (κ2) is 4.84. The summed E-state index contributed by atoms with van der Waals surface area (Å²) in [5.74, 6) is -0.443. The summed E-state index contributed by atoms with van der Waals surface area (Å²) < 4.78 is 4.68. The molecule has 0 aliphatic carbocycles. The van der Waals surface area contributed by atoms with Crippen molar-refractivity contribution in [2.45, 2.75) is 19.2 Å². The third-order valence-electron chi connectivity index (χ3n) is 2.77. The van der Waals surface area contributed by atoms with Gasteiger partial charge in [-0.25, -0.2) is 0 Å². The van der Waals surface area contributed by atoms with Crippen LogP contribution in [-0.2, 0) is 14.3 Å². The van der Waals surface area contributed by atoms with E-state index in [1.165, 1.54) is 7.11 Å². The highest BCUT2D eigenvalue weighted by Crippen LogP contribution is 2.25. The van der Waals surface area contributed by atoms with Crippen LogP contribution < -0.4 is 0 Å². The van der Waals surface area contributed by atoms with Gasteiger partial charge in [-0.15, -0.1) is 11.6 Å². The predicted molar refractivity (Wildman–Crippen MR) is 56.6 cm³/mol. The molecule has 0 aromatic heterocycles. The van der Waals surface area contributed by atoms with E-state index in [2.05, 4.69) is 4.74 Å². The second-order valence-electron chi connectivity index (χ2n) is 3.97. The van der Waals surface area contributed by atoms with E-state index in [1.807, 2.05) is 6.92 Å². The molecule has 0 aromatic carbocycles. The third kappa shape index (κ3) is 2.62. The zero-order chi connectivity index (χ0) is 11.6. The molecule has 3 unspecified atom stereocenters. The molecule has 1 aliphatic rings. The SMILES string of the molecule is COC(=O)C1CN(C(=O)C(C)Cl)CC1C. The minimum atomic E-state index is -0.534. The molecule has 3 atom stereocenters. The third-order valence-corrected chi connectivity index (χ3v) is 2.95. The van der Waals surface area contributed by atoms with Crippen molar-refractivity contribution in [1.82, 2.24) is 4.90 Å². The average molecular weight is 234 g/mol. The summed E-state index contributed by atoms with van der Waals surface area (Å²) in [4.78, 5) is 24.6. The van der Waals surface area contributed by atoms with E-state index < -0.39 is 5.38 Å². The summed E-state index contributed by atoms with van der Waals surface area (Å²) >= 11 is 5.71. The first-order valence-corrected chi connectivity index (χ1v) is 5.41. The van der Waals surface area contributed by atoms with Crippen LogP contribution in [0.25, 0.3) is 0 Å². The minimum Gasteiger partial charge on any atom is -0.469 e. The minimum absolute atomic E-state index is 0.116. The van der Waals surface area contributed by atoms with Gasteiger partial charge in [-0.3, -0.25) is 9.59 Å². The molecule has 0 bridgehead atoms. The van der Waals surface area contributed by atoms with E-state index in [0.717, 1.165) is 0 Å². The highest BCUT2D eigenvalue weighted by molar-refractivity contribution is 6.30. The Labute approximate surface area is 94.5 Å². The Morgan fingerprint density at radius 3 is 2.53 bits per heavy atom. The van der Waals surface area contributed by atoms with E-state index in [0.29, 0.717) is 13.1 Å². The van der Waals surface area contributed by atoms with Crippen molar-refractivity contribution in [3.8, 4) is 0 Å². The Morgan fingerprint density at radius 2 is 2.07 bits per heavy atom. The first-order valence-electron chi connectivity index (χ1n) is 4.98. The summed E-state index contributed by atoms with van der Waals surface area (Å²) in [6.45, 7) is 4.58. The summed E-state index contributed by atoms with van der Waals surface area (Å²) in [6.07, 6.45) is 0. The smallest absolute Gasteiger partial charge is 0.310 e. The predicted octanol–water partition coefficient (Wildman–Crippen LogP) is 0.881. The fourth-order valence-electron chi connectivity index (χ4n) is 1.86. The molecule has 1 heterocycles. The molecule has 15 heavy (non-hydrogen) atoms. The number of rotatable bonds is 2. The van der Waals surface area contributed by atoms with Gasteiger partial charge in [0.05, 0.1) is 13.0 Å². The van der Waals surface area contributed by atoms with E-state index in [1.54, 1.807) is 11.8 Å². The van der Waals surface area contributed by atoms with E-state index in [-0.39, 0.29) is 23.7 Å². The number of carbonyl (C=O) groups is 2. The van der Waals surface area contributed by atoms with Gasteiger partial charge >= 0.3 is 5.97 Å². The second-order valence-corrected chi connectivity index (χ2v) is 4.62. The maximum absolute atomic E-state index is 11.6. The standard InChI is InChI=1S/C10H16ClNO3/c1-6-4-12(9(13)7(2)11)5-8(6)10(14)15-3/h6-8H,4-5H2,1-3H3. The fourth-order valence-corrected chi connectivity index (χ4v) is 1.99. The van der Waals surface area contributed by atoms with Gasteiger partial charge in [-0.2, -0.15) is 0 Å². The van der Waals surface area contributed by atoms with Crippen molar-refractivity contribution in [2.75, 3.05) is 20.2 Å². The average Bonchev–Trinajstić information content (AvgIpc) is 2.57. The van der Waals surface area contributed by atoms with Crippen LogP contribution in [0, 0.1) is 11.8 Å². The highest BCUT2D eigenvalue weighted by Gasteiger charge is 2.38. The number of hydrogen-bond acceptors (Lipinski definition) is 3. The molecule has 0 saturated carbocycles. The van der Waals surface area contributed by atoms with Crippen molar-refractivity contribution in [2.24, 2.45) is 11.8 Å². The quantitative estimate of drug-likeness (QED) is 0.526. The molecule has 0 N–H and O–H groups in total. The molecule has 1 amide bonds. The lowest BCUT2D eigenvalue weighted by Crippen LogP contribution is -2.34. The van der Waals surface area contributed by atoms with Gasteiger partial charge in [0.15, 0.2) is 0 Å². The van der Waals surface area contributed by atoms with Crippen LogP contribution >= 0.6 is 11.6 Å².